The van der Waals surface area contributed by atoms with Crippen LogP contribution in [0.3, 0.4) is 0 Å². The van der Waals surface area contributed by atoms with Gasteiger partial charge in [-0.1, -0.05) is 211 Å². The molecular weight excluding hydrogens is 868 g/mol. The molecule has 0 aromatic heterocycles. The Morgan fingerprint density at radius 3 is 1.41 bits per heavy atom. The number of nitrogens with zero attached hydrogens (tertiary/aromatic N) is 1. The van der Waals surface area contributed by atoms with Crippen molar-refractivity contribution in [1.29, 1.82) is 0 Å². The number of phosphoric ester groups is 1. The highest BCUT2D eigenvalue weighted by atomic mass is 31.2. The van der Waals surface area contributed by atoms with Gasteiger partial charge < -0.3 is 28.5 Å². The number of likely N-dealkylation sites (N-methyl/N-ethyl adjacent to an activating group) is 1. The van der Waals surface area contributed by atoms with Gasteiger partial charge >= 0.3 is 5.97 Å². The molecular formula is C58H109N2O7P. The number of esters is 1. The van der Waals surface area contributed by atoms with Gasteiger partial charge in [0.15, 0.2) is 0 Å². The second kappa shape index (κ2) is 48.6. The predicted octanol–water partition coefficient (Wildman–Crippen LogP) is 16.3. The fourth-order valence-corrected chi connectivity index (χ4v) is 8.81. The highest BCUT2D eigenvalue weighted by Gasteiger charge is 2.27. The second-order valence-electron chi connectivity index (χ2n) is 20.4. The molecule has 0 saturated carbocycles. The van der Waals surface area contributed by atoms with E-state index in [1.807, 2.05) is 33.3 Å². The number of phosphoric acid groups is 1. The number of nitrogens with one attached hydrogen (secondary N) is 1. The predicted molar refractivity (Wildman–Crippen MR) is 289 cm³/mol. The van der Waals surface area contributed by atoms with Gasteiger partial charge in [-0.2, -0.15) is 0 Å². The van der Waals surface area contributed by atoms with Crippen molar-refractivity contribution in [3.05, 3.63) is 48.6 Å². The summed E-state index contributed by atoms with van der Waals surface area (Å²) in [6.07, 6.45) is 57.9. The minimum Gasteiger partial charge on any atom is -0.756 e. The molecule has 68 heavy (non-hydrogen) atoms. The first-order chi connectivity index (χ1) is 32.9. The Morgan fingerprint density at radius 1 is 0.529 bits per heavy atom. The Labute approximate surface area is 420 Å². The molecule has 0 saturated heterocycles. The number of amides is 1. The topological polar surface area (TPSA) is 114 Å². The number of hydrogen-bond donors (Lipinski definition) is 1. The Hall–Kier alpha value is -2.03. The van der Waals surface area contributed by atoms with E-state index < -0.39 is 26.6 Å². The Balaban J connectivity index is 5.32. The fourth-order valence-electron chi connectivity index (χ4n) is 8.08. The molecule has 1 N–H and O–H groups in total. The van der Waals surface area contributed by atoms with E-state index in [4.69, 9.17) is 13.8 Å². The van der Waals surface area contributed by atoms with Crippen molar-refractivity contribution in [2.45, 2.75) is 270 Å². The van der Waals surface area contributed by atoms with Gasteiger partial charge in [-0.15, -0.1) is 0 Å². The van der Waals surface area contributed by atoms with Gasteiger partial charge in [0.1, 0.15) is 19.3 Å². The van der Waals surface area contributed by atoms with E-state index in [9.17, 15) is 19.0 Å². The Morgan fingerprint density at radius 2 is 0.941 bits per heavy atom. The number of unbranched alkanes of at least 4 members (excludes halogenated alkanes) is 29. The zero-order valence-corrected chi connectivity index (χ0v) is 46.2. The van der Waals surface area contributed by atoms with Crippen LogP contribution in [0.25, 0.3) is 0 Å². The molecule has 0 aliphatic heterocycles. The molecule has 0 aromatic carbocycles. The number of quaternary nitrogens is 1. The summed E-state index contributed by atoms with van der Waals surface area (Å²) in [7, 11) is 1.18. The first-order valence-corrected chi connectivity index (χ1v) is 29.9. The van der Waals surface area contributed by atoms with E-state index in [-0.39, 0.29) is 24.9 Å². The van der Waals surface area contributed by atoms with Gasteiger partial charge in [0.25, 0.3) is 7.82 Å². The molecule has 3 unspecified atom stereocenters. The summed E-state index contributed by atoms with van der Waals surface area (Å²) in [5.74, 6) is -0.553. The zero-order chi connectivity index (χ0) is 50.1. The largest absolute Gasteiger partial charge is 0.756 e. The summed E-state index contributed by atoms with van der Waals surface area (Å²) in [6, 6.07) is -0.891. The molecule has 0 bridgehead atoms. The van der Waals surface area contributed by atoms with Crippen molar-refractivity contribution in [1.82, 2.24) is 5.32 Å². The van der Waals surface area contributed by atoms with Gasteiger partial charge in [-0.05, 0) is 83.1 Å². The summed E-state index contributed by atoms with van der Waals surface area (Å²) in [6.45, 7) is 6.72. The van der Waals surface area contributed by atoms with Crippen LogP contribution in [0.2, 0.25) is 0 Å². The molecule has 0 radical (unpaired) electrons. The third-order valence-electron chi connectivity index (χ3n) is 12.5. The Kier molecular flexibility index (Phi) is 47.1. The van der Waals surface area contributed by atoms with Crippen LogP contribution in [0.15, 0.2) is 48.6 Å². The lowest BCUT2D eigenvalue weighted by molar-refractivity contribution is -0.870. The average molecular weight is 977 g/mol. The number of carbonyl (C=O) groups excluding carboxylic acids is 2. The lowest BCUT2D eigenvalue weighted by Gasteiger charge is -2.30. The van der Waals surface area contributed by atoms with E-state index >= 15 is 0 Å². The molecule has 0 aliphatic rings. The number of allylic oxidation sites excluding steroid dienone is 7. The molecule has 0 heterocycles. The van der Waals surface area contributed by atoms with Crippen LogP contribution in [-0.2, 0) is 27.9 Å². The van der Waals surface area contributed by atoms with Gasteiger partial charge in [-0.3, -0.25) is 14.2 Å². The second-order valence-corrected chi connectivity index (χ2v) is 21.8. The van der Waals surface area contributed by atoms with Crippen molar-refractivity contribution in [3.8, 4) is 0 Å². The van der Waals surface area contributed by atoms with Crippen LogP contribution in [0, 0.1) is 0 Å². The summed E-state index contributed by atoms with van der Waals surface area (Å²) in [4.78, 5) is 39.8. The van der Waals surface area contributed by atoms with Crippen LogP contribution in [0.1, 0.15) is 258 Å². The third kappa shape index (κ3) is 49.0. The minimum atomic E-state index is -4.69. The van der Waals surface area contributed by atoms with E-state index in [1.54, 1.807) is 0 Å². The molecule has 1 amide bonds. The summed E-state index contributed by atoms with van der Waals surface area (Å²) in [5, 5.41) is 3.01. The van der Waals surface area contributed by atoms with Crippen LogP contribution in [0.4, 0.5) is 0 Å². The van der Waals surface area contributed by atoms with Crippen LogP contribution in [0.5, 0.6) is 0 Å². The van der Waals surface area contributed by atoms with E-state index in [2.05, 4.69) is 62.5 Å². The minimum absolute atomic E-state index is 0.0245. The molecule has 0 aromatic rings. The maximum absolute atomic E-state index is 13.5. The van der Waals surface area contributed by atoms with Gasteiger partial charge in [0.05, 0.1) is 33.8 Å². The lowest BCUT2D eigenvalue weighted by atomic mass is 10.1. The number of hydrogen-bond acceptors (Lipinski definition) is 7. The summed E-state index contributed by atoms with van der Waals surface area (Å²) in [5.41, 5.74) is 0. The molecule has 0 spiro atoms. The van der Waals surface area contributed by atoms with E-state index in [1.165, 1.54) is 128 Å². The standard InChI is InChI=1S/C58H109N2O7P/c1-7-10-13-16-19-22-25-27-29-30-31-32-35-38-41-44-47-50-57(61)59-55(54-66-68(63,64)65-53-52-60(4,5)6)56(49-46-43-40-37-34-24-21-18-15-12-9-3)67-58(62)51-48-45-42-39-36-33-28-26-23-20-17-14-11-8-2/h11,14,20,23,27,29,46,49,55-56H,7-10,12-13,15-19,21-22,24-26,28,30-45,47-48,50-54H2,1-6H3,(H-,59,61,63,64)/b14-11+,23-20+,29-27+,49-46+. The molecule has 9 nitrogen and oxygen atoms in total. The quantitative estimate of drug-likeness (QED) is 0.0212. The van der Waals surface area contributed by atoms with Crippen molar-refractivity contribution < 1.29 is 37.3 Å². The first kappa shape index (κ1) is 66.0. The number of rotatable bonds is 51. The van der Waals surface area contributed by atoms with Crippen LogP contribution in [-0.4, -0.2) is 69.4 Å². The molecule has 0 fully saturated rings. The fraction of sp³-hybridized carbons (Fsp3) is 0.828. The first-order valence-electron chi connectivity index (χ1n) is 28.4. The zero-order valence-electron chi connectivity index (χ0n) is 45.3. The maximum atomic E-state index is 13.5. The van der Waals surface area contributed by atoms with Gasteiger partial charge in [0, 0.05) is 12.8 Å². The highest BCUT2D eigenvalue weighted by Crippen LogP contribution is 2.38. The molecule has 3 atom stereocenters. The molecule has 10 heteroatoms. The average Bonchev–Trinajstić information content (AvgIpc) is 3.29. The highest BCUT2D eigenvalue weighted by molar-refractivity contribution is 7.45. The van der Waals surface area contributed by atoms with Crippen LogP contribution >= 0.6 is 7.82 Å². The normalized spacial score (nSPS) is 14.2. The molecule has 0 rings (SSSR count). The summed E-state index contributed by atoms with van der Waals surface area (Å²) < 4.78 is 30.2. The monoisotopic (exact) mass is 977 g/mol. The molecule has 398 valence electrons. The van der Waals surface area contributed by atoms with Gasteiger partial charge in [-0.25, -0.2) is 0 Å². The third-order valence-corrected chi connectivity index (χ3v) is 13.5. The van der Waals surface area contributed by atoms with Crippen LogP contribution < -0.4 is 10.2 Å². The van der Waals surface area contributed by atoms with E-state index in [0.29, 0.717) is 17.4 Å². The van der Waals surface area contributed by atoms with E-state index in [0.717, 1.165) is 96.3 Å². The number of ether oxygens (including phenoxy) is 1. The van der Waals surface area contributed by atoms with Crippen molar-refractivity contribution in [3.63, 3.8) is 0 Å². The number of carbonyl (C=O) groups is 2. The molecule has 0 aliphatic carbocycles. The SMILES string of the molecule is CC/C=C/C/C=C/CCCCCCCCCC(=O)OC(/C=C/CCCCCCCCCCC)C(COP(=O)([O-])OCC[N+](C)(C)C)NC(=O)CCCCCCCCC/C=C/CCCCCCCC. The van der Waals surface area contributed by atoms with Crippen molar-refractivity contribution in [2.24, 2.45) is 0 Å². The summed E-state index contributed by atoms with van der Waals surface area (Å²) >= 11 is 0. The lowest BCUT2D eigenvalue weighted by Crippen LogP contribution is -2.47. The maximum Gasteiger partial charge on any atom is 0.306 e. The smallest absolute Gasteiger partial charge is 0.306 e. The van der Waals surface area contributed by atoms with Gasteiger partial charge in [0.2, 0.25) is 5.91 Å². The Bertz CT molecular complexity index is 1310. The van der Waals surface area contributed by atoms with Crippen molar-refractivity contribution in [2.75, 3.05) is 40.9 Å². The van der Waals surface area contributed by atoms with Crippen molar-refractivity contribution >= 4 is 19.7 Å².